The van der Waals surface area contributed by atoms with E-state index in [1.807, 2.05) is 0 Å². The Morgan fingerprint density at radius 1 is 1.32 bits per heavy atom. The Hall–Kier alpha value is -1.92. The highest BCUT2D eigenvalue weighted by atomic mass is 16.5. The monoisotopic (exact) mass is 268 g/mol. The summed E-state index contributed by atoms with van der Waals surface area (Å²) in [7, 11) is 0. The molecular formula is C13H16O6. The van der Waals surface area contributed by atoms with Crippen LogP contribution >= 0.6 is 0 Å². The van der Waals surface area contributed by atoms with Gasteiger partial charge in [-0.2, -0.15) is 0 Å². The Balaban J connectivity index is 3.00. The summed E-state index contributed by atoms with van der Waals surface area (Å²) in [5.74, 6) is -2.09. The molecule has 2 atom stereocenters. The molecule has 0 spiro atoms. The zero-order chi connectivity index (χ0) is 14.6. The molecule has 2 unspecified atom stereocenters. The van der Waals surface area contributed by atoms with Gasteiger partial charge in [0, 0.05) is 0 Å². The smallest absolute Gasteiger partial charge is 0.338 e. The fourth-order valence-corrected chi connectivity index (χ4v) is 1.59. The third-order valence-corrected chi connectivity index (χ3v) is 2.66. The molecule has 0 radical (unpaired) electrons. The molecule has 1 aromatic carbocycles. The van der Waals surface area contributed by atoms with Crippen LogP contribution in [0.1, 0.15) is 34.5 Å². The summed E-state index contributed by atoms with van der Waals surface area (Å²) in [4.78, 5) is 22.3. The normalized spacial score (nSPS) is 13.7. The molecule has 19 heavy (non-hydrogen) atoms. The summed E-state index contributed by atoms with van der Waals surface area (Å²) in [6, 6.07) is 4.18. The van der Waals surface area contributed by atoms with Crippen LogP contribution in [-0.2, 0) is 9.53 Å². The zero-order valence-corrected chi connectivity index (χ0v) is 10.7. The number of carbonyl (C=O) groups is 2. The van der Waals surface area contributed by atoms with Crippen LogP contribution in [0.5, 0.6) is 0 Å². The maximum Gasteiger partial charge on any atom is 0.338 e. The van der Waals surface area contributed by atoms with Crippen LogP contribution in [0.25, 0.3) is 0 Å². The lowest BCUT2D eigenvalue weighted by Gasteiger charge is -2.17. The topological polar surface area (TPSA) is 104 Å². The van der Waals surface area contributed by atoms with Crippen LogP contribution in [0, 0.1) is 6.92 Å². The lowest BCUT2D eigenvalue weighted by molar-refractivity contribution is -0.159. The van der Waals surface area contributed by atoms with Gasteiger partial charge in [0.2, 0.25) is 0 Å². The van der Waals surface area contributed by atoms with Gasteiger partial charge in [0.1, 0.15) is 6.10 Å². The van der Waals surface area contributed by atoms with Crippen molar-refractivity contribution in [1.82, 2.24) is 0 Å². The van der Waals surface area contributed by atoms with Crippen LogP contribution in [0.15, 0.2) is 18.2 Å². The van der Waals surface area contributed by atoms with E-state index in [0.717, 1.165) is 0 Å². The molecule has 1 rings (SSSR count). The fourth-order valence-electron chi connectivity index (χ4n) is 1.59. The number of aliphatic hydroxyl groups is 2. The first-order valence-corrected chi connectivity index (χ1v) is 5.75. The van der Waals surface area contributed by atoms with Gasteiger partial charge in [-0.25, -0.2) is 9.59 Å². The van der Waals surface area contributed by atoms with Gasteiger partial charge in [-0.15, -0.1) is 0 Å². The summed E-state index contributed by atoms with van der Waals surface area (Å²) in [5, 5.41) is 28.4. The Morgan fingerprint density at radius 3 is 2.47 bits per heavy atom. The number of aromatic carboxylic acids is 1. The first-order chi connectivity index (χ1) is 8.88. The van der Waals surface area contributed by atoms with Crippen molar-refractivity contribution in [3.63, 3.8) is 0 Å². The molecule has 0 heterocycles. The Bertz CT molecular complexity index is 482. The molecule has 0 fully saturated rings. The lowest BCUT2D eigenvalue weighted by atomic mass is 9.99. The van der Waals surface area contributed by atoms with E-state index in [1.54, 1.807) is 13.8 Å². The molecule has 0 aromatic heterocycles. The van der Waals surface area contributed by atoms with Gasteiger partial charge < -0.3 is 20.1 Å². The molecule has 0 saturated carbocycles. The molecule has 6 nitrogen and oxygen atoms in total. The summed E-state index contributed by atoms with van der Waals surface area (Å²) in [5.41, 5.74) is 0.672. The van der Waals surface area contributed by atoms with Crippen molar-refractivity contribution in [3.8, 4) is 0 Å². The number of carboxylic acids is 1. The molecule has 3 N–H and O–H groups in total. The minimum atomic E-state index is -1.75. The molecule has 0 aliphatic rings. The number of esters is 1. The Labute approximate surface area is 110 Å². The zero-order valence-electron chi connectivity index (χ0n) is 10.7. The van der Waals surface area contributed by atoms with Crippen molar-refractivity contribution >= 4 is 11.9 Å². The number of carboxylic acid groups (broad SMARTS) is 1. The first-order valence-electron chi connectivity index (χ1n) is 5.75. The van der Waals surface area contributed by atoms with Crippen LogP contribution in [0.4, 0.5) is 0 Å². The molecule has 0 aliphatic heterocycles. The van der Waals surface area contributed by atoms with Crippen molar-refractivity contribution < 1.29 is 29.6 Å². The van der Waals surface area contributed by atoms with E-state index in [1.165, 1.54) is 18.2 Å². The second-order valence-electron chi connectivity index (χ2n) is 4.02. The van der Waals surface area contributed by atoms with E-state index < -0.39 is 24.1 Å². The predicted molar refractivity (Wildman–Crippen MR) is 65.7 cm³/mol. The highest BCUT2D eigenvalue weighted by Crippen LogP contribution is 2.21. The first kappa shape index (κ1) is 15.1. The number of carbonyl (C=O) groups excluding carboxylic acids is 1. The second kappa shape index (κ2) is 6.31. The van der Waals surface area contributed by atoms with E-state index >= 15 is 0 Å². The lowest BCUT2D eigenvalue weighted by Crippen LogP contribution is -2.30. The van der Waals surface area contributed by atoms with Crippen molar-refractivity contribution in [2.45, 2.75) is 26.1 Å². The second-order valence-corrected chi connectivity index (χ2v) is 4.02. The van der Waals surface area contributed by atoms with Crippen LogP contribution in [-0.4, -0.2) is 40.0 Å². The molecule has 6 heteroatoms. The minimum Gasteiger partial charge on any atom is -0.478 e. The Morgan fingerprint density at radius 2 is 1.95 bits per heavy atom. The van der Waals surface area contributed by atoms with E-state index in [2.05, 4.69) is 4.74 Å². The average Bonchev–Trinajstić information content (AvgIpc) is 2.37. The molecule has 0 bridgehead atoms. The van der Waals surface area contributed by atoms with Crippen molar-refractivity contribution in [2.24, 2.45) is 0 Å². The molecule has 1 aromatic rings. The van der Waals surface area contributed by atoms with Crippen molar-refractivity contribution in [3.05, 3.63) is 34.9 Å². The average molecular weight is 268 g/mol. The molecule has 0 saturated heterocycles. The van der Waals surface area contributed by atoms with E-state index in [0.29, 0.717) is 5.56 Å². The summed E-state index contributed by atoms with van der Waals surface area (Å²) in [6.07, 6.45) is -3.28. The summed E-state index contributed by atoms with van der Waals surface area (Å²) in [6.45, 7) is 3.27. The minimum absolute atomic E-state index is 0.00705. The molecule has 104 valence electrons. The number of aliphatic hydroxyl groups excluding tert-OH is 2. The SMILES string of the molecule is CCOC(=O)C(O)C(O)c1ccc(C)c(C(=O)O)c1. The standard InChI is InChI=1S/C13H16O6/c1-3-19-13(18)11(15)10(14)8-5-4-7(2)9(6-8)12(16)17/h4-6,10-11,14-15H,3H2,1-2H3,(H,16,17). The van der Waals surface area contributed by atoms with Crippen LogP contribution in [0.2, 0.25) is 0 Å². The number of hydrogen-bond acceptors (Lipinski definition) is 5. The highest BCUT2D eigenvalue weighted by Gasteiger charge is 2.27. The van der Waals surface area contributed by atoms with Crippen LogP contribution in [0.3, 0.4) is 0 Å². The van der Waals surface area contributed by atoms with Gasteiger partial charge in [-0.1, -0.05) is 12.1 Å². The summed E-state index contributed by atoms with van der Waals surface area (Å²) >= 11 is 0. The number of aryl methyl sites for hydroxylation is 1. The van der Waals surface area contributed by atoms with Crippen molar-refractivity contribution in [1.29, 1.82) is 0 Å². The highest BCUT2D eigenvalue weighted by molar-refractivity contribution is 5.89. The molecule has 0 aliphatic carbocycles. The van der Waals surface area contributed by atoms with E-state index in [-0.39, 0.29) is 17.7 Å². The number of rotatable bonds is 5. The van der Waals surface area contributed by atoms with Crippen molar-refractivity contribution in [2.75, 3.05) is 6.61 Å². The van der Waals surface area contributed by atoms with Gasteiger partial charge in [-0.3, -0.25) is 0 Å². The number of ether oxygens (including phenoxy) is 1. The number of hydrogen-bond donors (Lipinski definition) is 3. The van der Waals surface area contributed by atoms with E-state index in [9.17, 15) is 19.8 Å². The maximum atomic E-state index is 11.3. The van der Waals surface area contributed by atoms with Crippen LogP contribution < -0.4 is 0 Å². The largest absolute Gasteiger partial charge is 0.478 e. The molecule has 0 amide bonds. The predicted octanol–water partition coefficient (Wildman–Crippen LogP) is 0.651. The van der Waals surface area contributed by atoms with Gasteiger partial charge in [0.25, 0.3) is 0 Å². The third-order valence-electron chi connectivity index (χ3n) is 2.66. The summed E-state index contributed by atoms with van der Waals surface area (Å²) < 4.78 is 4.58. The maximum absolute atomic E-state index is 11.3. The molecular weight excluding hydrogens is 252 g/mol. The quantitative estimate of drug-likeness (QED) is 0.677. The number of benzene rings is 1. The Kier molecular flexibility index (Phi) is 5.02. The van der Waals surface area contributed by atoms with Gasteiger partial charge in [0.15, 0.2) is 6.10 Å². The van der Waals surface area contributed by atoms with Gasteiger partial charge in [0.05, 0.1) is 12.2 Å². The van der Waals surface area contributed by atoms with Gasteiger partial charge in [-0.05, 0) is 31.0 Å². The fraction of sp³-hybridized carbons (Fsp3) is 0.385. The van der Waals surface area contributed by atoms with E-state index in [4.69, 9.17) is 5.11 Å². The van der Waals surface area contributed by atoms with Gasteiger partial charge >= 0.3 is 11.9 Å². The third kappa shape index (κ3) is 3.52.